The SMILES string of the molecule is Cc1cc(C)n2nc(C(=O)N(C)Cc3ccc(OC(F)(F)F)cc3)nc2n1. The molecular formula is C17H16F3N5O2. The number of hydrogen-bond acceptors (Lipinski definition) is 5. The van der Waals surface area contributed by atoms with E-state index in [-0.39, 0.29) is 18.1 Å². The number of carbonyl (C=O) groups excluding carboxylic acids is 1. The first-order valence-corrected chi connectivity index (χ1v) is 7.93. The van der Waals surface area contributed by atoms with Crippen molar-refractivity contribution < 1.29 is 22.7 Å². The lowest BCUT2D eigenvalue weighted by atomic mass is 10.2. The number of alkyl halides is 3. The summed E-state index contributed by atoms with van der Waals surface area (Å²) in [6, 6.07) is 7.12. The number of amides is 1. The molecule has 0 bridgehead atoms. The number of benzene rings is 1. The Morgan fingerprint density at radius 3 is 2.48 bits per heavy atom. The van der Waals surface area contributed by atoms with E-state index in [2.05, 4.69) is 19.8 Å². The molecule has 27 heavy (non-hydrogen) atoms. The molecule has 0 aliphatic heterocycles. The molecular weight excluding hydrogens is 363 g/mol. The molecule has 142 valence electrons. The molecule has 3 aromatic rings. The first-order chi connectivity index (χ1) is 12.6. The normalized spacial score (nSPS) is 11.6. The van der Waals surface area contributed by atoms with Gasteiger partial charge in [0.25, 0.3) is 11.7 Å². The number of hydrogen-bond donors (Lipinski definition) is 0. The van der Waals surface area contributed by atoms with Crippen molar-refractivity contribution >= 4 is 11.7 Å². The number of rotatable bonds is 4. The maximum atomic E-state index is 12.6. The third kappa shape index (κ3) is 4.33. The van der Waals surface area contributed by atoms with Crippen molar-refractivity contribution in [3.05, 3.63) is 53.1 Å². The van der Waals surface area contributed by atoms with Gasteiger partial charge in [-0.3, -0.25) is 4.79 Å². The van der Waals surface area contributed by atoms with Crippen molar-refractivity contribution in [2.24, 2.45) is 0 Å². The van der Waals surface area contributed by atoms with E-state index >= 15 is 0 Å². The highest BCUT2D eigenvalue weighted by molar-refractivity contribution is 5.90. The quantitative estimate of drug-likeness (QED) is 0.697. The lowest BCUT2D eigenvalue weighted by Gasteiger charge is -2.16. The molecule has 0 fully saturated rings. The van der Waals surface area contributed by atoms with Gasteiger partial charge >= 0.3 is 6.36 Å². The second-order valence-electron chi connectivity index (χ2n) is 6.04. The molecule has 0 spiro atoms. The number of ether oxygens (including phenoxy) is 1. The van der Waals surface area contributed by atoms with Crippen LogP contribution in [0.1, 0.15) is 27.6 Å². The summed E-state index contributed by atoms with van der Waals surface area (Å²) >= 11 is 0. The maximum Gasteiger partial charge on any atom is 0.573 e. The monoisotopic (exact) mass is 379 g/mol. The Morgan fingerprint density at radius 1 is 1.19 bits per heavy atom. The molecule has 0 aliphatic carbocycles. The molecule has 0 aliphatic rings. The Labute approximate surface area is 152 Å². The van der Waals surface area contributed by atoms with E-state index in [4.69, 9.17) is 0 Å². The molecule has 1 aromatic carbocycles. The highest BCUT2D eigenvalue weighted by Crippen LogP contribution is 2.23. The van der Waals surface area contributed by atoms with E-state index in [0.29, 0.717) is 11.3 Å². The van der Waals surface area contributed by atoms with Gasteiger partial charge in [-0.15, -0.1) is 18.3 Å². The molecule has 0 unspecified atom stereocenters. The maximum absolute atomic E-state index is 12.6. The zero-order valence-corrected chi connectivity index (χ0v) is 14.8. The van der Waals surface area contributed by atoms with Crippen molar-refractivity contribution in [3.8, 4) is 5.75 Å². The predicted molar refractivity (Wildman–Crippen MR) is 89.2 cm³/mol. The van der Waals surface area contributed by atoms with E-state index in [1.54, 1.807) is 7.05 Å². The van der Waals surface area contributed by atoms with Gasteiger partial charge in [0.05, 0.1) is 0 Å². The largest absolute Gasteiger partial charge is 0.573 e. The summed E-state index contributed by atoms with van der Waals surface area (Å²) in [7, 11) is 1.56. The van der Waals surface area contributed by atoms with E-state index in [0.717, 1.165) is 11.4 Å². The average molecular weight is 379 g/mol. The van der Waals surface area contributed by atoms with Crippen LogP contribution in [0.15, 0.2) is 30.3 Å². The fourth-order valence-corrected chi connectivity index (χ4v) is 2.57. The predicted octanol–water partition coefficient (Wildman–Crippen LogP) is 2.91. The van der Waals surface area contributed by atoms with Crippen LogP contribution in [0.25, 0.3) is 5.78 Å². The highest BCUT2D eigenvalue weighted by atomic mass is 19.4. The van der Waals surface area contributed by atoms with Crippen LogP contribution in [0.2, 0.25) is 0 Å². The molecule has 2 heterocycles. The first kappa shape index (κ1) is 18.6. The standard InChI is InChI=1S/C17H16F3N5O2/c1-10-8-11(2)25-16(21-10)22-14(23-25)15(26)24(3)9-12-4-6-13(7-5-12)27-17(18,19)20/h4-8H,9H2,1-3H3. The summed E-state index contributed by atoms with van der Waals surface area (Å²) in [6.07, 6.45) is -4.74. The number of aromatic nitrogens is 4. The molecule has 2 aromatic heterocycles. The molecule has 7 nitrogen and oxygen atoms in total. The topological polar surface area (TPSA) is 72.6 Å². The second-order valence-corrected chi connectivity index (χ2v) is 6.04. The molecule has 0 radical (unpaired) electrons. The molecule has 3 rings (SSSR count). The number of carbonyl (C=O) groups is 1. The minimum absolute atomic E-state index is 0.00396. The third-order valence-electron chi connectivity index (χ3n) is 3.73. The number of nitrogens with zero attached hydrogens (tertiary/aromatic N) is 5. The Kier molecular flexibility index (Phi) is 4.73. The van der Waals surface area contributed by atoms with Crippen LogP contribution in [0, 0.1) is 13.8 Å². The summed E-state index contributed by atoms with van der Waals surface area (Å²) in [5.74, 6) is -0.416. The molecule has 10 heteroatoms. The van der Waals surface area contributed by atoms with Gasteiger partial charge in [-0.2, -0.15) is 4.98 Å². The van der Waals surface area contributed by atoms with Crippen molar-refractivity contribution in [1.82, 2.24) is 24.5 Å². The van der Waals surface area contributed by atoms with Crippen LogP contribution in [0.4, 0.5) is 13.2 Å². The lowest BCUT2D eigenvalue weighted by molar-refractivity contribution is -0.274. The van der Waals surface area contributed by atoms with Gasteiger partial charge in [0.2, 0.25) is 5.82 Å². The van der Waals surface area contributed by atoms with Gasteiger partial charge in [0.1, 0.15) is 5.75 Å². The minimum atomic E-state index is -4.74. The minimum Gasteiger partial charge on any atom is -0.406 e. The van der Waals surface area contributed by atoms with Crippen molar-refractivity contribution in [3.63, 3.8) is 0 Å². The fourth-order valence-electron chi connectivity index (χ4n) is 2.57. The van der Waals surface area contributed by atoms with E-state index in [1.165, 1.54) is 33.7 Å². The van der Waals surface area contributed by atoms with Crippen LogP contribution in [0.3, 0.4) is 0 Å². The zero-order chi connectivity index (χ0) is 19.8. The summed E-state index contributed by atoms with van der Waals surface area (Å²) in [5.41, 5.74) is 2.20. The summed E-state index contributed by atoms with van der Waals surface area (Å²) in [5, 5.41) is 4.18. The van der Waals surface area contributed by atoms with Gasteiger partial charge in [0, 0.05) is 25.0 Å². The molecule has 0 saturated heterocycles. The van der Waals surface area contributed by atoms with Crippen molar-refractivity contribution in [2.45, 2.75) is 26.8 Å². The second kappa shape index (κ2) is 6.86. The Balaban J connectivity index is 1.73. The summed E-state index contributed by atoms with van der Waals surface area (Å²) in [4.78, 5) is 22.3. The van der Waals surface area contributed by atoms with Crippen molar-refractivity contribution in [1.29, 1.82) is 0 Å². The average Bonchev–Trinajstić information content (AvgIpc) is 2.98. The first-order valence-electron chi connectivity index (χ1n) is 7.93. The smallest absolute Gasteiger partial charge is 0.406 e. The van der Waals surface area contributed by atoms with E-state index < -0.39 is 12.3 Å². The Morgan fingerprint density at radius 2 is 1.85 bits per heavy atom. The number of fused-ring (bicyclic) bond motifs is 1. The van der Waals surface area contributed by atoms with Crippen LogP contribution < -0.4 is 4.74 Å². The molecule has 0 atom stereocenters. The Hall–Kier alpha value is -3.17. The van der Waals surface area contributed by atoms with Crippen LogP contribution in [0.5, 0.6) is 5.75 Å². The van der Waals surface area contributed by atoms with Gasteiger partial charge in [0.15, 0.2) is 0 Å². The van der Waals surface area contributed by atoms with Gasteiger partial charge in [-0.25, -0.2) is 9.50 Å². The van der Waals surface area contributed by atoms with Crippen molar-refractivity contribution in [2.75, 3.05) is 7.05 Å². The molecule has 0 N–H and O–H groups in total. The van der Waals surface area contributed by atoms with Crippen LogP contribution >= 0.6 is 0 Å². The summed E-state index contributed by atoms with van der Waals surface area (Å²) in [6.45, 7) is 3.83. The molecule has 1 amide bonds. The number of aryl methyl sites for hydroxylation is 2. The molecule has 0 saturated carbocycles. The van der Waals surface area contributed by atoms with Gasteiger partial charge in [-0.1, -0.05) is 12.1 Å². The fraction of sp³-hybridized carbons (Fsp3) is 0.294. The number of halogens is 3. The van der Waals surface area contributed by atoms with Crippen LogP contribution in [-0.4, -0.2) is 43.8 Å². The third-order valence-corrected chi connectivity index (χ3v) is 3.73. The lowest BCUT2D eigenvalue weighted by Crippen LogP contribution is -2.27. The zero-order valence-electron chi connectivity index (χ0n) is 14.8. The van der Waals surface area contributed by atoms with E-state index in [1.807, 2.05) is 19.9 Å². The van der Waals surface area contributed by atoms with Gasteiger partial charge in [-0.05, 0) is 37.6 Å². The summed E-state index contributed by atoms with van der Waals surface area (Å²) < 4.78 is 41.9. The Bertz CT molecular complexity index is 983. The van der Waals surface area contributed by atoms with Gasteiger partial charge < -0.3 is 9.64 Å². The van der Waals surface area contributed by atoms with Crippen LogP contribution in [-0.2, 0) is 6.54 Å². The highest BCUT2D eigenvalue weighted by Gasteiger charge is 2.31. The van der Waals surface area contributed by atoms with E-state index in [9.17, 15) is 18.0 Å².